The molecule has 5 rings (SSSR count). The van der Waals surface area contributed by atoms with Crippen LogP contribution in [-0.2, 0) is 31.5 Å². The van der Waals surface area contributed by atoms with Crippen molar-refractivity contribution in [3.63, 3.8) is 0 Å². The first-order valence-electron chi connectivity index (χ1n) is 15.5. The third-order valence-corrected chi connectivity index (χ3v) is 7.06. The highest BCUT2D eigenvalue weighted by Gasteiger charge is 2.40. The summed E-state index contributed by atoms with van der Waals surface area (Å²) >= 11 is 0. The lowest BCUT2D eigenvalue weighted by atomic mass is 10.0. The molecule has 4 aromatic heterocycles. The van der Waals surface area contributed by atoms with Gasteiger partial charge in [-0.25, -0.2) is 0 Å². The summed E-state index contributed by atoms with van der Waals surface area (Å²) in [6, 6.07) is 11.1. The van der Waals surface area contributed by atoms with E-state index in [1.165, 1.54) is 12.1 Å². The van der Waals surface area contributed by atoms with Crippen LogP contribution in [0, 0.1) is 0 Å². The number of aryl methyl sites for hydroxylation is 1. The van der Waals surface area contributed by atoms with E-state index < -0.39 is 17.3 Å². The summed E-state index contributed by atoms with van der Waals surface area (Å²) in [6.45, 7) is 8.45. The maximum Gasteiger partial charge on any atom is 0.333 e. The minimum absolute atomic E-state index is 0.215. The molecule has 4 heterocycles. The van der Waals surface area contributed by atoms with Gasteiger partial charge in [0.1, 0.15) is 5.60 Å². The van der Waals surface area contributed by atoms with E-state index in [9.17, 15) is 4.79 Å². The monoisotopic (exact) mass is 635 g/mol. The van der Waals surface area contributed by atoms with Crippen LogP contribution in [0.3, 0.4) is 0 Å². The first kappa shape index (κ1) is 33.0. The lowest BCUT2D eigenvalue weighted by molar-refractivity contribution is -0.156. The quantitative estimate of drug-likeness (QED) is 0.0950. The van der Waals surface area contributed by atoms with Crippen molar-refractivity contribution in [2.24, 2.45) is 0 Å². The number of benzene rings is 1. The lowest BCUT2D eigenvalue weighted by Crippen LogP contribution is -2.24. The summed E-state index contributed by atoms with van der Waals surface area (Å²) < 4.78 is 50.7. The van der Waals surface area contributed by atoms with Gasteiger partial charge < -0.3 is 14.2 Å². The predicted octanol–water partition coefficient (Wildman–Crippen LogP) is 6.00. The number of alkyl halides is 2. The molecule has 13 heteroatoms. The molecule has 0 amide bonds. The summed E-state index contributed by atoms with van der Waals surface area (Å²) in [5.74, 6) is -4.25. The fourth-order valence-electron chi connectivity index (χ4n) is 4.80. The van der Waals surface area contributed by atoms with Gasteiger partial charge in [0.05, 0.1) is 30.4 Å². The summed E-state index contributed by atoms with van der Waals surface area (Å²) in [7, 11) is 0. The molecule has 5 aromatic rings. The number of esters is 1. The highest BCUT2D eigenvalue weighted by molar-refractivity contribution is 5.79. The van der Waals surface area contributed by atoms with Crippen molar-refractivity contribution in [1.82, 2.24) is 34.6 Å². The third-order valence-electron chi connectivity index (χ3n) is 7.06. The normalized spacial score (nSPS) is 12.3. The van der Waals surface area contributed by atoms with Crippen molar-refractivity contribution in [2.75, 3.05) is 26.4 Å². The molecule has 0 aliphatic rings. The van der Waals surface area contributed by atoms with Crippen LogP contribution in [0.4, 0.5) is 8.78 Å². The van der Waals surface area contributed by atoms with Gasteiger partial charge in [-0.3, -0.25) is 14.5 Å². The first-order chi connectivity index (χ1) is 22.1. The minimum atomic E-state index is -3.43. The van der Waals surface area contributed by atoms with Gasteiger partial charge in [-0.05, 0) is 76.8 Å². The van der Waals surface area contributed by atoms with Crippen LogP contribution in [0.1, 0.15) is 64.3 Å². The van der Waals surface area contributed by atoms with E-state index in [1.807, 2.05) is 27.0 Å². The van der Waals surface area contributed by atoms with E-state index in [1.54, 1.807) is 47.4 Å². The molecule has 0 N–H and O–H groups in total. The predicted molar refractivity (Wildman–Crippen MR) is 167 cm³/mol. The van der Waals surface area contributed by atoms with E-state index in [-0.39, 0.29) is 23.6 Å². The molecule has 0 aliphatic heterocycles. The van der Waals surface area contributed by atoms with Gasteiger partial charge in [0.2, 0.25) is 5.82 Å². The van der Waals surface area contributed by atoms with E-state index in [4.69, 9.17) is 14.2 Å². The van der Waals surface area contributed by atoms with Gasteiger partial charge in [-0.1, -0.05) is 12.1 Å². The fourth-order valence-corrected chi connectivity index (χ4v) is 4.80. The van der Waals surface area contributed by atoms with Crippen LogP contribution in [0.25, 0.3) is 27.8 Å². The molecule has 0 aliphatic carbocycles. The number of hydrogen-bond donors (Lipinski definition) is 0. The van der Waals surface area contributed by atoms with Gasteiger partial charge in [0.15, 0.2) is 5.65 Å². The van der Waals surface area contributed by atoms with Crippen LogP contribution in [0.15, 0.2) is 61.1 Å². The Bertz CT molecular complexity index is 1750. The molecule has 0 unspecified atom stereocenters. The zero-order valence-corrected chi connectivity index (χ0v) is 26.4. The molecule has 0 saturated heterocycles. The number of unbranched alkanes of at least 4 members (excludes halogenated alkanes) is 2. The van der Waals surface area contributed by atoms with E-state index in [0.717, 1.165) is 30.2 Å². The summed E-state index contributed by atoms with van der Waals surface area (Å²) in [4.78, 5) is 15.9. The number of halogens is 2. The van der Waals surface area contributed by atoms with Crippen LogP contribution in [0.5, 0.6) is 0 Å². The Morgan fingerprint density at radius 3 is 2.46 bits per heavy atom. The van der Waals surface area contributed by atoms with Gasteiger partial charge in [-0.2, -0.15) is 23.5 Å². The average Bonchev–Trinajstić information content (AvgIpc) is 3.68. The highest BCUT2D eigenvalue weighted by Crippen LogP contribution is 2.36. The van der Waals surface area contributed by atoms with Gasteiger partial charge >= 0.3 is 11.9 Å². The smallest absolute Gasteiger partial charge is 0.333 e. The average molecular weight is 636 g/mol. The Labute approximate surface area is 265 Å². The Balaban J connectivity index is 1.05. The Kier molecular flexibility index (Phi) is 10.6. The number of hydrogen-bond acceptors (Lipinski definition) is 9. The Morgan fingerprint density at radius 1 is 0.913 bits per heavy atom. The molecule has 0 fully saturated rings. The number of pyridine rings is 1. The third kappa shape index (κ3) is 8.67. The Morgan fingerprint density at radius 2 is 1.67 bits per heavy atom. The van der Waals surface area contributed by atoms with Crippen molar-refractivity contribution >= 4 is 22.5 Å². The van der Waals surface area contributed by atoms with Gasteiger partial charge in [0, 0.05) is 55.3 Å². The second-order valence-corrected chi connectivity index (χ2v) is 12.0. The molecule has 46 heavy (non-hydrogen) atoms. The number of carbonyl (C=O) groups excluding carboxylic acids is 1. The lowest BCUT2D eigenvalue weighted by Gasteiger charge is -2.19. The van der Waals surface area contributed by atoms with Crippen molar-refractivity contribution in [3.05, 3.63) is 72.4 Å². The SMILES string of the molecule is CC(C)(C)OC(=O)CCOCCCCOCCCCn1cc(-c2ccc3nnc(C(F)(F)c4ccc5ncccc5c4)n3n2)cn1. The van der Waals surface area contributed by atoms with Crippen LogP contribution >= 0.6 is 0 Å². The largest absolute Gasteiger partial charge is 0.460 e. The van der Waals surface area contributed by atoms with Crippen LogP contribution in [-0.4, -0.2) is 72.6 Å². The van der Waals surface area contributed by atoms with E-state index >= 15 is 8.78 Å². The molecule has 244 valence electrons. The minimum Gasteiger partial charge on any atom is -0.460 e. The topological polar surface area (TPSA) is 119 Å². The maximum atomic E-state index is 15.7. The molecular weight excluding hydrogens is 596 g/mol. The molecule has 11 nitrogen and oxygen atoms in total. The molecule has 0 saturated carbocycles. The second-order valence-electron chi connectivity index (χ2n) is 12.0. The number of rotatable bonds is 16. The van der Waals surface area contributed by atoms with E-state index in [0.29, 0.717) is 55.1 Å². The van der Waals surface area contributed by atoms with Crippen molar-refractivity contribution < 1.29 is 27.8 Å². The van der Waals surface area contributed by atoms with E-state index in [2.05, 4.69) is 25.4 Å². The summed E-state index contributed by atoms with van der Waals surface area (Å²) in [5.41, 5.74) is 1.34. The molecule has 0 radical (unpaired) electrons. The Hall–Kier alpha value is -4.36. The number of aromatic nitrogens is 7. The molecule has 0 atom stereocenters. The summed E-state index contributed by atoms with van der Waals surface area (Å²) in [5, 5.41) is 17.2. The van der Waals surface area contributed by atoms with Crippen LogP contribution < -0.4 is 0 Å². The van der Waals surface area contributed by atoms with Crippen LogP contribution in [0.2, 0.25) is 0 Å². The van der Waals surface area contributed by atoms with Crippen molar-refractivity contribution in [3.8, 4) is 11.3 Å². The molecule has 0 bridgehead atoms. The number of carbonyl (C=O) groups is 1. The zero-order valence-electron chi connectivity index (χ0n) is 26.4. The van der Waals surface area contributed by atoms with Gasteiger partial charge in [-0.15, -0.1) is 10.2 Å². The number of ether oxygens (including phenoxy) is 3. The standard InChI is InChI=1S/C33H39F2N7O4/c1-32(2,3)46-30(43)14-20-45-19-7-6-18-44-17-5-4-16-41-23-25(22-37-41)28-12-13-29-38-39-31(42(29)40-28)33(34,35)26-10-11-27-24(21-26)9-8-15-36-27/h8-13,15,21-23H,4-7,14,16-20H2,1-3H3. The summed E-state index contributed by atoms with van der Waals surface area (Å²) in [6.07, 6.45) is 8.86. The fraction of sp³-hybridized carbons (Fsp3) is 0.455. The second kappa shape index (κ2) is 14.8. The first-order valence-corrected chi connectivity index (χ1v) is 15.5. The molecular formula is C33H39F2N7O4. The highest BCUT2D eigenvalue weighted by atomic mass is 19.3. The van der Waals surface area contributed by atoms with Crippen molar-refractivity contribution in [2.45, 2.75) is 70.9 Å². The maximum absolute atomic E-state index is 15.7. The molecule has 0 spiro atoms. The van der Waals surface area contributed by atoms with Crippen molar-refractivity contribution in [1.29, 1.82) is 0 Å². The molecule has 1 aromatic carbocycles. The van der Waals surface area contributed by atoms with Gasteiger partial charge in [0.25, 0.3) is 0 Å². The number of nitrogens with zero attached hydrogens (tertiary/aromatic N) is 7. The zero-order chi connectivity index (χ0) is 32.6. The number of fused-ring (bicyclic) bond motifs is 2.